The van der Waals surface area contributed by atoms with Crippen molar-refractivity contribution in [3.8, 4) is 0 Å². The predicted octanol–water partition coefficient (Wildman–Crippen LogP) is 1.73. The van der Waals surface area contributed by atoms with E-state index >= 15 is 0 Å². The highest BCUT2D eigenvalue weighted by molar-refractivity contribution is 5.75. The zero-order valence-electron chi connectivity index (χ0n) is 7.88. The number of hydrogen-bond donors (Lipinski definition) is 1. The Morgan fingerprint density at radius 2 is 1.75 bits per heavy atom. The van der Waals surface area contributed by atoms with Gasteiger partial charge < -0.3 is 10.5 Å². The fraction of sp³-hybridized carbons (Fsp3) is 0.900. The van der Waals surface area contributed by atoms with Crippen LogP contribution in [0, 0.1) is 11.8 Å². The number of carbonyl (C=O) groups is 1. The molecule has 1 saturated carbocycles. The van der Waals surface area contributed by atoms with Crippen LogP contribution >= 0.6 is 0 Å². The molecule has 0 unspecified atom stereocenters. The van der Waals surface area contributed by atoms with E-state index in [-0.39, 0.29) is 0 Å². The summed E-state index contributed by atoms with van der Waals surface area (Å²) in [7, 11) is 0. The Morgan fingerprint density at radius 3 is 2.17 bits per heavy atom. The first kappa shape index (κ1) is 9.72. The second-order valence-corrected chi connectivity index (χ2v) is 4.03. The first-order chi connectivity index (χ1) is 5.72. The molecule has 1 aliphatic rings. The highest BCUT2D eigenvalue weighted by atomic mass is 16.1. The van der Waals surface area contributed by atoms with Gasteiger partial charge in [-0.25, -0.2) is 0 Å². The Hall–Kier alpha value is -0.370. The molecule has 0 radical (unpaired) electrons. The number of ketones is 1. The molecule has 70 valence electrons. The number of carbonyl (C=O) groups excluding carboxylic acids is 1. The van der Waals surface area contributed by atoms with Crippen LogP contribution in [-0.4, -0.2) is 12.3 Å². The lowest BCUT2D eigenvalue weighted by Crippen LogP contribution is -2.22. The minimum absolute atomic E-state index is 0.339. The minimum Gasteiger partial charge on any atom is -0.330 e. The van der Waals surface area contributed by atoms with Crippen molar-refractivity contribution in [2.75, 3.05) is 6.54 Å². The average molecular weight is 169 g/mol. The molecule has 2 nitrogen and oxygen atoms in total. The molecule has 2 heteroatoms. The lowest BCUT2D eigenvalue weighted by Gasteiger charge is -2.26. The van der Waals surface area contributed by atoms with Crippen molar-refractivity contribution in [3.63, 3.8) is 0 Å². The average Bonchev–Trinajstić information content (AvgIpc) is 2.05. The van der Waals surface area contributed by atoms with Gasteiger partial charge >= 0.3 is 0 Å². The van der Waals surface area contributed by atoms with Crippen LogP contribution < -0.4 is 5.73 Å². The van der Waals surface area contributed by atoms with Crippen LogP contribution in [0.1, 0.15) is 39.0 Å². The molecule has 2 N–H and O–H groups in total. The van der Waals surface area contributed by atoms with Gasteiger partial charge in [0.05, 0.1) is 0 Å². The van der Waals surface area contributed by atoms with Gasteiger partial charge in [0.25, 0.3) is 0 Å². The first-order valence-electron chi connectivity index (χ1n) is 4.92. The van der Waals surface area contributed by atoms with E-state index in [2.05, 4.69) is 0 Å². The summed E-state index contributed by atoms with van der Waals surface area (Å²) in [4.78, 5) is 10.8. The minimum atomic E-state index is 0.339. The summed E-state index contributed by atoms with van der Waals surface area (Å²) < 4.78 is 0. The largest absolute Gasteiger partial charge is 0.330 e. The van der Waals surface area contributed by atoms with Crippen LogP contribution in [0.4, 0.5) is 0 Å². The quantitative estimate of drug-likeness (QED) is 0.699. The van der Waals surface area contributed by atoms with Gasteiger partial charge in [0, 0.05) is 6.42 Å². The van der Waals surface area contributed by atoms with Crippen LogP contribution in [0.15, 0.2) is 0 Å². The molecular weight excluding hydrogens is 150 g/mol. The van der Waals surface area contributed by atoms with Crippen LogP contribution in [0.5, 0.6) is 0 Å². The van der Waals surface area contributed by atoms with Crippen molar-refractivity contribution < 1.29 is 4.79 Å². The molecule has 1 fully saturated rings. The summed E-state index contributed by atoms with van der Waals surface area (Å²) >= 11 is 0. The molecule has 0 spiro atoms. The zero-order valence-corrected chi connectivity index (χ0v) is 7.88. The number of hydrogen-bond acceptors (Lipinski definition) is 2. The van der Waals surface area contributed by atoms with Crippen molar-refractivity contribution in [1.82, 2.24) is 0 Å². The van der Waals surface area contributed by atoms with E-state index < -0.39 is 0 Å². The van der Waals surface area contributed by atoms with Crippen molar-refractivity contribution in [2.45, 2.75) is 39.0 Å². The number of nitrogens with two attached hydrogens (primary N) is 1. The second-order valence-electron chi connectivity index (χ2n) is 4.03. The van der Waals surface area contributed by atoms with E-state index in [4.69, 9.17) is 5.73 Å². The Labute approximate surface area is 74.5 Å². The maximum absolute atomic E-state index is 10.8. The monoisotopic (exact) mass is 169 g/mol. The van der Waals surface area contributed by atoms with Crippen LogP contribution in [0.25, 0.3) is 0 Å². The Kier molecular flexibility index (Phi) is 3.73. The van der Waals surface area contributed by atoms with E-state index in [0.29, 0.717) is 11.7 Å². The van der Waals surface area contributed by atoms with Gasteiger partial charge in [0.15, 0.2) is 0 Å². The molecule has 0 heterocycles. The van der Waals surface area contributed by atoms with E-state index in [0.717, 1.165) is 18.9 Å². The molecule has 0 aliphatic heterocycles. The highest BCUT2D eigenvalue weighted by Gasteiger charge is 2.20. The predicted molar refractivity (Wildman–Crippen MR) is 49.8 cm³/mol. The molecule has 0 aromatic rings. The third-order valence-corrected chi connectivity index (χ3v) is 2.88. The van der Waals surface area contributed by atoms with Gasteiger partial charge in [-0.1, -0.05) is 0 Å². The second kappa shape index (κ2) is 4.61. The Bertz CT molecular complexity index is 148. The summed E-state index contributed by atoms with van der Waals surface area (Å²) in [5.74, 6) is 1.73. The van der Waals surface area contributed by atoms with Crippen LogP contribution in [0.2, 0.25) is 0 Å². The number of Topliss-reactive ketones (excluding diaryl/α,β-unsaturated/α-hetero) is 1. The molecular formula is C10H19NO. The molecule has 12 heavy (non-hydrogen) atoms. The lowest BCUT2D eigenvalue weighted by molar-refractivity contribution is -0.118. The van der Waals surface area contributed by atoms with Crippen LogP contribution in [0.3, 0.4) is 0 Å². The summed E-state index contributed by atoms with van der Waals surface area (Å²) in [5, 5.41) is 0. The van der Waals surface area contributed by atoms with E-state index in [1.54, 1.807) is 6.92 Å². The normalized spacial score (nSPS) is 30.2. The van der Waals surface area contributed by atoms with Crippen molar-refractivity contribution in [1.29, 1.82) is 0 Å². The summed E-state index contributed by atoms with van der Waals surface area (Å²) in [6, 6.07) is 0. The topological polar surface area (TPSA) is 43.1 Å². The van der Waals surface area contributed by atoms with Gasteiger partial charge in [-0.2, -0.15) is 0 Å². The van der Waals surface area contributed by atoms with Gasteiger partial charge in [-0.3, -0.25) is 0 Å². The summed E-state index contributed by atoms with van der Waals surface area (Å²) in [5.41, 5.74) is 5.58. The molecule has 1 rings (SSSR count). The van der Waals surface area contributed by atoms with Gasteiger partial charge in [0.1, 0.15) is 5.78 Å². The molecule has 0 aromatic heterocycles. The molecule has 0 atom stereocenters. The molecule has 1 aliphatic carbocycles. The standard InChI is InChI=1S/C10H19NO/c1-8(12)6-9-2-4-10(7-11)5-3-9/h9-10H,2-7,11H2,1H3. The van der Waals surface area contributed by atoms with Gasteiger partial charge in [-0.15, -0.1) is 0 Å². The smallest absolute Gasteiger partial charge is 0.130 e. The molecule has 0 amide bonds. The maximum Gasteiger partial charge on any atom is 0.130 e. The SMILES string of the molecule is CC(=O)CC1CCC(CN)CC1. The number of rotatable bonds is 3. The molecule has 0 saturated heterocycles. The first-order valence-corrected chi connectivity index (χ1v) is 4.92. The van der Waals surface area contributed by atoms with Crippen molar-refractivity contribution >= 4 is 5.78 Å². The summed E-state index contributed by atoms with van der Waals surface area (Å²) in [6.45, 7) is 2.52. The maximum atomic E-state index is 10.8. The Morgan fingerprint density at radius 1 is 1.25 bits per heavy atom. The third kappa shape index (κ3) is 2.94. The molecule has 0 aromatic carbocycles. The fourth-order valence-electron chi connectivity index (χ4n) is 2.08. The Balaban J connectivity index is 2.21. The summed E-state index contributed by atoms with van der Waals surface area (Å²) in [6.07, 6.45) is 5.67. The third-order valence-electron chi connectivity index (χ3n) is 2.88. The zero-order chi connectivity index (χ0) is 8.97. The molecule has 0 bridgehead atoms. The van der Waals surface area contributed by atoms with Crippen molar-refractivity contribution in [3.05, 3.63) is 0 Å². The highest BCUT2D eigenvalue weighted by Crippen LogP contribution is 2.30. The van der Waals surface area contributed by atoms with E-state index in [1.165, 1.54) is 25.7 Å². The van der Waals surface area contributed by atoms with Crippen molar-refractivity contribution in [2.24, 2.45) is 17.6 Å². The lowest BCUT2D eigenvalue weighted by atomic mass is 9.80. The van der Waals surface area contributed by atoms with E-state index in [1.807, 2.05) is 0 Å². The van der Waals surface area contributed by atoms with Gasteiger partial charge in [-0.05, 0) is 51.0 Å². The van der Waals surface area contributed by atoms with Gasteiger partial charge in [0.2, 0.25) is 0 Å². The fourth-order valence-corrected chi connectivity index (χ4v) is 2.08. The van der Waals surface area contributed by atoms with Crippen LogP contribution in [-0.2, 0) is 4.79 Å². The van der Waals surface area contributed by atoms with E-state index in [9.17, 15) is 4.79 Å².